The van der Waals surface area contributed by atoms with E-state index in [0.717, 1.165) is 10.5 Å². The number of amides is 3. The number of carbonyl (C=O) groups excluding carboxylic acids is 3. The molecule has 7 nitrogen and oxygen atoms in total. The monoisotopic (exact) mass is 380 g/mol. The summed E-state index contributed by atoms with van der Waals surface area (Å²) in [4.78, 5) is 37.2. The number of hydrogen-bond donors (Lipinski definition) is 1. The molecule has 28 heavy (non-hydrogen) atoms. The minimum absolute atomic E-state index is 0.233. The van der Waals surface area contributed by atoms with Crippen molar-refractivity contribution < 1.29 is 23.9 Å². The lowest BCUT2D eigenvalue weighted by molar-refractivity contribution is -0.118. The molecule has 0 saturated carbocycles. The first kappa shape index (κ1) is 19.2. The highest BCUT2D eigenvalue weighted by Gasteiger charge is 2.32. The Morgan fingerprint density at radius 1 is 1.07 bits per heavy atom. The van der Waals surface area contributed by atoms with E-state index >= 15 is 0 Å². The van der Waals surface area contributed by atoms with Gasteiger partial charge in [-0.1, -0.05) is 18.2 Å². The Morgan fingerprint density at radius 3 is 2.54 bits per heavy atom. The summed E-state index contributed by atoms with van der Waals surface area (Å²) >= 11 is 0. The molecule has 0 spiro atoms. The van der Waals surface area contributed by atoms with Crippen LogP contribution in [0.2, 0.25) is 0 Å². The molecule has 144 valence electrons. The predicted molar refractivity (Wildman–Crippen MR) is 105 cm³/mol. The average Bonchev–Trinajstić information content (AvgIpc) is 2.91. The van der Waals surface area contributed by atoms with Gasteiger partial charge >= 0.3 is 0 Å². The molecule has 3 rings (SSSR count). The highest BCUT2D eigenvalue weighted by Crippen LogP contribution is 2.29. The van der Waals surface area contributed by atoms with Gasteiger partial charge in [-0.15, -0.1) is 0 Å². The summed E-state index contributed by atoms with van der Waals surface area (Å²) in [5, 5.41) is 2.66. The molecular formula is C21H20N2O5. The normalized spacial score (nSPS) is 13.0. The van der Waals surface area contributed by atoms with Crippen LogP contribution < -0.4 is 14.8 Å². The third kappa shape index (κ3) is 3.73. The lowest BCUT2D eigenvalue weighted by atomic mass is 10.1. The Morgan fingerprint density at radius 2 is 1.82 bits per heavy atom. The van der Waals surface area contributed by atoms with E-state index in [2.05, 4.69) is 5.32 Å². The maximum absolute atomic E-state index is 12.2. The van der Waals surface area contributed by atoms with Crippen molar-refractivity contribution >= 4 is 29.5 Å². The first-order valence-corrected chi connectivity index (χ1v) is 8.64. The van der Waals surface area contributed by atoms with Gasteiger partial charge in [0, 0.05) is 12.7 Å². The van der Waals surface area contributed by atoms with Gasteiger partial charge in [-0.25, -0.2) is 0 Å². The molecule has 3 amide bonds. The molecule has 0 aliphatic carbocycles. The van der Waals surface area contributed by atoms with E-state index in [1.165, 1.54) is 26.3 Å². The van der Waals surface area contributed by atoms with E-state index in [4.69, 9.17) is 9.47 Å². The third-order valence-corrected chi connectivity index (χ3v) is 4.28. The standard InChI is InChI=1S/C21H20N2O5/c1-4-5-13-6-9-17(18(10-13)27-3)28-12-19(24)22-14-7-8-15-16(11-14)21(26)23(2)20(15)25/h4-11H,12H2,1-3H3,(H,22,24)/b5-4+. The summed E-state index contributed by atoms with van der Waals surface area (Å²) in [6.45, 7) is 1.69. The number of fused-ring (bicyclic) bond motifs is 1. The molecule has 1 aliphatic rings. The number of anilines is 1. The molecule has 0 unspecified atom stereocenters. The van der Waals surface area contributed by atoms with Crippen molar-refractivity contribution in [3.05, 3.63) is 59.2 Å². The molecule has 2 aromatic rings. The van der Waals surface area contributed by atoms with Crippen LogP contribution in [0.15, 0.2) is 42.5 Å². The van der Waals surface area contributed by atoms with Crippen LogP contribution >= 0.6 is 0 Å². The van der Waals surface area contributed by atoms with Crippen molar-refractivity contribution in [3.8, 4) is 11.5 Å². The Balaban J connectivity index is 1.66. The lowest BCUT2D eigenvalue weighted by Gasteiger charge is -2.12. The molecule has 0 aromatic heterocycles. The number of hydrogen-bond acceptors (Lipinski definition) is 5. The highest BCUT2D eigenvalue weighted by atomic mass is 16.5. The Bertz CT molecular complexity index is 981. The predicted octanol–water partition coefficient (Wildman–Crippen LogP) is 2.97. The van der Waals surface area contributed by atoms with Gasteiger partial charge in [0.2, 0.25) is 0 Å². The molecule has 1 heterocycles. The van der Waals surface area contributed by atoms with Gasteiger partial charge in [-0.2, -0.15) is 0 Å². The molecule has 0 fully saturated rings. The van der Waals surface area contributed by atoms with Crippen molar-refractivity contribution in [1.82, 2.24) is 4.90 Å². The van der Waals surface area contributed by atoms with Gasteiger partial charge in [0.25, 0.3) is 17.7 Å². The van der Waals surface area contributed by atoms with Crippen LogP contribution in [0, 0.1) is 0 Å². The Hall–Kier alpha value is -3.61. The van der Waals surface area contributed by atoms with Crippen LogP contribution in [0.25, 0.3) is 6.08 Å². The molecular weight excluding hydrogens is 360 g/mol. The molecule has 2 aromatic carbocycles. The molecule has 7 heteroatoms. The lowest BCUT2D eigenvalue weighted by Crippen LogP contribution is -2.24. The third-order valence-electron chi connectivity index (χ3n) is 4.28. The zero-order chi connectivity index (χ0) is 20.3. The van der Waals surface area contributed by atoms with Gasteiger partial charge in [0.05, 0.1) is 18.2 Å². The largest absolute Gasteiger partial charge is 0.493 e. The first-order chi connectivity index (χ1) is 13.4. The molecule has 0 bridgehead atoms. The molecule has 1 N–H and O–H groups in total. The van der Waals surface area contributed by atoms with Crippen LogP contribution in [0.4, 0.5) is 5.69 Å². The van der Waals surface area contributed by atoms with Crippen LogP contribution in [0.1, 0.15) is 33.2 Å². The molecule has 0 atom stereocenters. The summed E-state index contributed by atoms with van der Waals surface area (Å²) in [6.07, 6.45) is 3.84. The van der Waals surface area contributed by atoms with E-state index in [1.807, 2.05) is 31.2 Å². The highest BCUT2D eigenvalue weighted by molar-refractivity contribution is 6.21. The fourth-order valence-electron chi connectivity index (χ4n) is 2.88. The van der Waals surface area contributed by atoms with Crippen molar-refractivity contribution in [2.75, 3.05) is 26.1 Å². The van der Waals surface area contributed by atoms with Crippen molar-refractivity contribution in [3.63, 3.8) is 0 Å². The zero-order valence-electron chi connectivity index (χ0n) is 15.8. The van der Waals surface area contributed by atoms with Crippen molar-refractivity contribution in [1.29, 1.82) is 0 Å². The van der Waals surface area contributed by atoms with Crippen LogP contribution in [0.3, 0.4) is 0 Å². The van der Waals surface area contributed by atoms with Crippen LogP contribution in [-0.2, 0) is 4.79 Å². The fraction of sp³-hybridized carbons (Fsp3) is 0.190. The summed E-state index contributed by atoms with van der Waals surface area (Å²) < 4.78 is 10.9. The molecule has 0 radical (unpaired) electrons. The van der Waals surface area contributed by atoms with Gasteiger partial charge in [-0.3, -0.25) is 19.3 Å². The summed E-state index contributed by atoms with van der Waals surface area (Å²) in [5.74, 6) is -0.173. The van der Waals surface area contributed by atoms with Crippen molar-refractivity contribution in [2.24, 2.45) is 0 Å². The zero-order valence-corrected chi connectivity index (χ0v) is 15.8. The topological polar surface area (TPSA) is 84.9 Å². The van der Waals surface area contributed by atoms with E-state index in [0.29, 0.717) is 22.7 Å². The van der Waals surface area contributed by atoms with Crippen LogP contribution in [-0.4, -0.2) is 43.4 Å². The minimum Gasteiger partial charge on any atom is -0.493 e. The Labute approximate surface area is 162 Å². The van der Waals surface area contributed by atoms with Crippen molar-refractivity contribution in [2.45, 2.75) is 6.92 Å². The maximum Gasteiger partial charge on any atom is 0.262 e. The number of methoxy groups -OCH3 is 1. The van der Waals surface area contributed by atoms with Gasteiger partial charge in [0.1, 0.15) is 0 Å². The van der Waals surface area contributed by atoms with Crippen LogP contribution in [0.5, 0.6) is 11.5 Å². The van der Waals surface area contributed by atoms with E-state index in [-0.39, 0.29) is 18.1 Å². The second-order valence-electron chi connectivity index (χ2n) is 6.18. The van der Waals surface area contributed by atoms with E-state index < -0.39 is 11.8 Å². The summed E-state index contributed by atoms with van der Waals surface area (Å²) in [5.41, 5.74) is 1.97. The molecule has 1 aliphatic heterocycles. The number of carbonyl (C=O) groups is 3. The number of rotatable bonds is 6. The number of imide groups is 1. The number of benzene rings is 2. The molecule has 0 saturated heterocycles. The smallest absolute Gasteiger partial charge is 0.262 e. The summed E-state index contributed by atoms with van der Waals surface area (Å²) in [6, 6.07) is 9.99. The fourth-order valence-corrected chi connectivity index (χ4v) is 2.88. The van der Waals surface area contributed by atoms with Gasteiger partial charge in [-0.05, 0) is 42.8 Å². The first-order valence-electron chi connectivity index (χ1n) is 8.64. The second-order valence-corrected chi connectivity index (χ2v) is 6.18. The summed E-state index contributed by atoms with van der Waals surface area (Å²) in [7, 11) is 2.95. The van der Waals surface area contributed by atoms with Gasteiger partial charge < -0.3 is 14.8 Å². The Kier molecular flexibility index (Phi) is 5.44. The van der Waals surface area contributed by atoms with E-state index in [9.17, 15) is 14.4 Å². The van der Waals surface area contributed by atoms with Gasteiger partial charge in [0.15, 0.2) is 18.1 Å². The number of nitrogens with zero attached hydrogens (tertiary/aromatic N) is 1. The SMILES string of the molecule is C/C=C/c1ccc(OCC(=O)Nc2ccc3c(c2)C(=O)N(C)C3=O)c(OC)c1. The maximum atomic E-state index is 12.2. The number of nitrogens with one attached hydrogen (secondary N) is 1. The minimum atomic E-state index is -0.398. The average molecular weight is 380 g/mol. The number of allylic oxidation sites excluding steroid dienone is 1. The number of ether oxygens (including phenoxy) is 2. The van der Waals surface area contributed by atoms with E-state index in [1.54, 1.807) is 12.1 Å². The second kappa shape index (κ2) is 7.96. The quantitative estimate of drug-likeness (QED) is 0.779.